The van der Waals surface area contributed by atoms with Crippen LogP contribution in [0.4, 0.5) is 0 Å². The van der Waals surface area contributed by atoms with Gasteiger partial charge in [-0.1, -0.05) is 49.9 Å². The number of benzene rings is 2. The van der Waals surface area contributed by atoms with Crippen molar-refractivity contribution in [3.05, 3.63) is 59.7 Å². The number of aromatic nitrogens is 2. The van der Waals surface area contributed by atoms with Crippen LogP contribution in [0.15, 0.2) is 53.7 Å². The highest BCUT2D eigenvalue weighted by Gasteiger charge is 2.12. The number of carbonyl (C=O) groups is 1. The Labute approximate surface area is 146 Å². The smallest absolute Gasteiger partial charge is 0.248 e. The number of carbonyl (C=O) groups excluding carboxylic acids is 1. The summed E-state index contributed by atoms with van der Waals surface area (Å²) < 4.78 is 2.24. The first-order valence-electron chi connectivity index (χ1n) is 8.01. The SMILES string of the molecule is CC(C)CSc1nc2ccccc2n1Cc1ccc(C(N)=O)cc1. The third-order valence-corrected chi connectivity index (χ3v) is 5.15. The summed E-state index contributed by atoms with van der Waals surface area (Å²) in [4.78, 5) is 16.0. The molecule has 4 nitrogen and oxygen atoms in total. The van der Waals surface area contributed by atoms with Gasteiger partial charge in [-0.25, -0.2) is 4.98 Å². The van der Waals surface area contributed by atoms with Crippen LogP contribution in [0.1, 0.15) is 29.8 Å². The molecule has 0 saturated carbocycles. The number of amides is 1. The molecular weight excluding hydrogens is 318 g/mol. The first kappa shape index (κ1) is 16.6. The lowest BCUT2D eigenvalue weighted by Crippen LogP contribution is -2.11. The molecule has 0 radical (unpaired) electrons. The van der Waals surface area contributed by atoms with E-state index in [0.29, 0.717) is 11.5 Å². The van der Waals surface area contributed by atoms with Crippen molar-refractivity contribution in [3.63, 3.8) is 0 Å². The van der Waals surface area contributed by atoms with Crippen LogP contribution in [-0.2, 0) is 6.54 Å². The van der Waals surface area contributed by atoms with Gasteiger partial charge in [0.2, 0.25) is 5.91 Å². The Hall–Kier alpha value is -2.27. The third-order valence-electron chi connectivity index (χ3n) is 3.74. The molecular formula is C19H21N3OS. The fourth-order valence-corrected chi connectivity index (χ4v) is 3.48. The van der Waals surface area contributed by atoms with Gasteiger partial charge in [0.05, 0.1) is 17.6 Å². The largest absolute Gasteiger partial charge is 0.366 e. The van der Waals surface area contributed by atoms with Crippen molar-refractivity contribution in [1.82, 2.24) is 9.55 Å². The highest BCUT2D eigenvalue weighted by Crippen LogP contribution is 2.26. The Morgan fingerprint density at radius 1 is 1.17 bits per heavy atom. The number of imidazole rings is 1. The molecule has 0 aliphatic rings. The first-order valence-corrected chi connectivity index (χ1v) is 9.00. The Bertz CT molecular complexity index is 853. The molecule has 0 unspecified atom stereocenters. The van der Waals surface area contributed by atoms with E-state index in [1.165, 1.54) is 0 Å². The van der Waals surface area contributed by atoms with Gasteiger partial charge < -0.3 is 10.3 Å². The average molecular weight is 339 g/mol. The zero-order chi connectivity index (χ0) is 17.1. The number of nitrogens with zero attached hydrogens (tertiary/aromatic N) is 2. The first-order chi connectivity index (χ1) is 11.5. The van der Waals surface area contributed by atoms with Gasteiger partial charge in [-0.05, 0) is 35.7 Å². The van der Waals surface area contributed by atoms with E-state index in [1.807, 2.05) is 30.3 Å². The van der Waals surface area contributed by atoms with Crippen LogP contribution in [0.5, 0.6) is 0 Å². The monoisotopic (exact) mass is 339 g/mol. The predicted octanol–water partition coefficient (Wildman–Crippen LogP) is 3.93. The highest BCUT2D eigenvalue weighted by atomic mass is 32.2. The topological polar surface area (TPSA) is 60.9 Å². The molecule has 2 N–H and O–H groups in total. The Morgan fingerprint density at radius 3 is 2.54 bits per heavy atom. The van der Waals surface area contributed by atoms with Crippen LogP contribution in [0.25, 0.3) is 11.0 Å². The minimum absolute atomic E-state index is 0.400. The minimum atomic E-state index is -0.400. The Balaban J connectivity index is 1.94. The number of para-hydroxylation sites is 2. The summed E-state index contributed by atoms with van der Waals surface area (Å²) in [5, 5.41) is 1.03. The van der Waals surface area contributed by atoms with Crippen molar-refractivity contribution in [2.24, 2.45) is 11.7 Å². The summed E-state index contributed by atoms with van der Waals surface area (Å²) >= 11 is 1.79. The lowest BCUT2D eigenvalue weighted by atomic mass is 10.1. The molecule has 3 rings (SSSR count). The van der Waals surface area contributed by atoms with Gasteiger partial charge in [0.15, 0.2) is 5.16 Å². The summed E-state index contributed by atoms with van der Waals surface area (Å²) in [5.41, 5.74) is 9.10. The molecule has 1 aromatic heterocycles. The second-order valence-corrected chi connectivity index (χ2v) is 7.22. The normalized spacial score (nSPS) is 11.3. The van der Waals surface area contributed by atoms with Crippen molar-refractivity contribution in [1.29, 1.82) is 0 Å². The van der Waals surface area contributed by atoms with Crippen LogP contribution in [-0.4, -0.2) is 21.2 Å². The molecule has 2 aromatic carbocycles. The van der Waals surface area contributed by atoms with Crippen molar-refractivity contribution >= 4 is 28.7 Å². The van der Waals surface area contributed by atoms with Gasteiger partial charge >= 0.3 is 0 Å². The summed E-state index contributed by atoms with van der Waals surface area (Å²) in [6, 6.07) is 15.6. The van der Waals surface area contributed by atoms with E-state index in [-0.39, 0.29) is 0 Å². The summed E-state index contributed by atoms with van der Waals surface area (Å²) in [5.74, 6) is 1.24. The maximum absolute atomic E-state index is 11.2. The second-order valence-electron chi connectivity index (χ2n) is 6.24. The van der Waals surface area contributed by atoms with Crippen LogP contribution in [0, 0.1) is 5.92 Å². The van der Waals surface area contributed by atoms with Crippen molar-refractivity contribution in [2.75, 3.05) is 5.75 Å². The van der Waals surface area contributed by atoms with E-state index in [4.69, 9.17) is 10.7 Å². The summed E-state index contributed by atoms with van der Waals surface area (Å²) in [7, 11) is 0. The Kier molecular flexibility index (Phi) is 4.90. The van der Waals surface area contributed by atoms with Gasteiger partial charge in [0.1, 0.15) is 0 Å². The van der Waals surface area contributed by atoms with E-state index >= 15 is 0 Å². The lowest BCUT2D eigenvalue weighted by Gasteiger charge is -2.10. The third kappa shape index (κ3) is 3.62. The molecule has 24 heavy (non-hydrogen) atoms. The summed E-state index contributed by atoms with van der Waals surface area (Å²) in [6.07, 6.45) is 0. The van der Waals surface area contributed by atoms with Crippen LogP contribution < -0.4 is 5.73 Å². The number of primary amides is 1. The standard InChI is InChI=1S/C19H21N3OS/c1-13(2)12-24-19-21-16-5-3-4-6-17(16)22(19)11-14-7-9-15(10-8-14)18(20)23/h3-10,13H,11-12H2,1-2H3,(H2,20,23). The van der Waals surface area contributed by atoms with Gasteiger partial charge in [-0.15, -0.1) is 0 Å². The molecule has 0 saturated heterocycles. The quantitative estimate of drug-likeness (QED) is 0.692. The Morgan fingerprint density at radius 2 is 1.88 bits per heavy atom. The second kappa shape index (κ2) is 7.09. The fourth-order valence-electron chi connectivity index (χ4n) is 2.51. The zero-order valence-corrected chi connectivity index (χ0v) is 14.7. The number of rotatable bonds is 6. The maximum Gasteiger partial charge on any atom is 0.248 e. The van der Waals surface area contributed by atoms with Crippen molar-refractivity contribution in [3.8, 4) is 0 Å². The molecule has 0 spiro atoms. The van der Waals surface area contributed by atoms with Gasteiger partial charge in [-0.3, -0.25) is 4.79 Å². The zero-order valence-electron chi connectivity index (χ0n) is 13.9. The van der Waals surface area contributed by atoms with E-state index < -0.39 is 5.91 Å². The minimum Gasteiger partial charge on any atom is -0.366 e. The van der Waals surface area contributed by atoms with E-state index in [9.17, 15) is 4.79 Å². The van der Waals surface area contributed by atoms with Crippen molar-refractivity contribution in [2.45, 2.75) is 25.5 Å². The summed E-state index contributed by atoms with van der Waals surface area (Å²) in [6.45, 7) is 5.14. The number of hydrogen-bond acceptors (Lipinski definition) is 3. The van der Waals surface area contributed by atoms with Crippen molar-refractivity contribution < 1.29 is 4.79 Å². The van der Waals surface area contributed by atoms with Crippen LogP contribution in [0.2, 0.25) is 0 Å². The molecule has 1 amide bonds. The van der Waals surface area contributed by atoms with Gasteiger partial charge in [0.25, 0.3) is 0 Å². The van der Waals surface area contributed by atoms with E-state index in [0.717, 1.165) is 34.1 Å². The molecule has 3 aromatic rings. The number of nitrogens with two attached hydrogens (primary N) is 1. The number of thioether (sulfide) groups is 1. The van der Waals surface area contributed by atoms with E-state index in [1.54, 1.807) is 23.9 Å². The van der Waals surface area contributed by atoms with Crippen LogP contribution in [0.3, 0.4) is 0 Å². The van der Waals surface area contributed by atoms with Gasteiger partial charge in [-0.2, -0.15) is 0 Å². The molecule has 124 valence electrons. The molecule has 1 heterocycles. The number of fused-ring (bicyclic) bond motifs is 1. The molecule has 0 bridgehead atoms. The lowest BCUT2D eigenvalue weighted by molar-refractivity contribution is 0.100. The fraction of sp³-hybridized carbons (Fsp3) is 0.263. The number of hydrogen-bond donors (Lipinski definition) is 1. The highest BCUT2D eigenvalue weighted by molar-refractivity contribution is 7.99. The molecule has 0 aliphatic heterocycles. The molecule has 0 atom stereocenters. The van der Waals surface area contributed by atoms with Gasteiger partial charge in [0, 0.05) is 11.3 Å². The van der Waals surface area contributed by atoms with E-state index in [2.05, 4.69) is 24.5 Å². The maximum atomic E-state index is 11.2. The molecule has 5 heteroatoms. The molecule has 0 aliphatic carbocycles. The van der Waals surface area contributed by atoms with Crippen LogP contribution >= 0.6 is 11.8 Å². The molecule has 0 fully saturated rings. The average Bonchev–Trinajstić information content (AvgIpc) is 2.91. The predicted molar refractivity (Wildman–Crippen MR) is 99.4 cm³/mol.